The summed E-state index contributed by atoms with van der Waals surface area (Å²) in [6.07, 6.45) is 12.3. The average molecular weight is 553 g/mol. The Morgan fingerprint density at radius 3 is 2.65 bits per heavy atom. The average Bonchev–Trinajstić information content (AvgIpc) is 3.50. The lowest BCUT2D eigenvalue weighted by Crippen LogP contribution is -2.60. The number of aliphatic carboxylic acids is 1. The van der Waals surface area contributed by atoms with Crippen LogP contribution >= 0.6 is 0 Å². The first-order valence-corrected chi connectivity index (χ1v) is 13.9. The van der Waals surface area contributed by atoms with E-state index in [1.807, 2.05) is 13.0 Å². The second-order valence-electron chi connectivity index (χ2n) is 12.6. The predicted molar refractivity (Wildman–Crippen MR) is 142 cm³/mol. The van der Waals surface area contributed by atoms with Crippen LogP contribution < -0.4 is 0 Å². The van der Waals surface area contributed by atoms with Crippen LogP contribution in [-0.2, 0) is 23.9 Å². The number of carbonyl (C=O) groups excluding carboxylic acids is 2. The molecule has 0 aromatic carbocycles. The topological polar surface area (TPSA) is 140 Å². The Bertz CT molecular complexity index is 1320. The number of cyclic esters (lactones) is 1. The molecule has 0 radical (unpaired) electrons. The first kappa shape index (κ1) is 27.0. The Morgan fingerprint density at radius 1 is 1.23 bits per heavy atom. The molecule has 6 aliphatic rings. The molecule has 2 saturated heterocycles. The smallest absolute Gasteiger partial charge is 0.343 e. The van der Waals surface area contributed by atoms with Crippen molar-refractivity contribution >= 4 is 17.8 Å². The molecule has 40 heavy (non-hydrogen) atoms. The van der Waals surface area contributed by atoms with Crippen LogP contribution in [0, 0.1) is 22.7 Å². The molecule has 6 rings (SSSR count). The van der Waals surface area contributed by atoms with E-state index < -0.39 is 23.5 Å². The molecule has 214 valence electrons. The van der Waals surface area contributed by atoms with E-state index in [1.54, 1.807) is 41.3 Å². The van der Waals surface area contributed by atoms with E-state index >= 15 is 0 Å². The van der Waals surface area contributed by atoms with Crippen molar-refractivity contribution in [1.29, 1.82) is 0 Å². The van der Waals surface area contributed by atoms with Gasteiger partial charge in [-0.2, -0.15) is 0 Å². The van der Waals surface area contributed by atoms with Gasteiger partial charge in [0.25, 0.3) is 0 Å². The van der Waals surface area contributed by atoms with Crippen LogP contribution in [0.2, 0.25) is 0 Å². The number of fused-ring (bicyclic) bond motifs is 2. The minimum absolute atomic E-state index is 0.0517. The lowest BCUT2D eigenvalue weighted by atomic mass is 9.45. The normalized spacial score (nSPS) is 41.6. The summed E-state index contributed by atoms with van der Waals surface area (Å²) in [7, 11) is 1.69. The molecule has 1 spiro atoms. The Hall–Kier alpha value is -3.21. The van der Waals surface area contributed by atoms with Crippen molar-refractivity contribution in [2.75, 3.05) is 26.8 Å². The highest BCUT2D eigenvalue weighted by atomic mass is 16.6. The third kappa shape index (κ3) is 3.91. The van der Waals surface area contributed by atoms with Crippen LogP contribution in [-0.4, -0.2) is 87.6 Å². The molecule has 4 fully saturated rings. The number of hydrogen-bond donors (Lipinski definition) is 3. The fraction of sp³-hybridized carbons (Fsp3) is 0.567. The molecular weight excluding hydrogens is 516 g/mol. The maximum atomic E-state index is 12.9. The van der Waals surface area contributed by atoms with Crippen LogP contribution in [0.5, 0.6) is 0 Å². The summed E-state index contributed by atoms with van der Waals surface area (Å²) in [4.78, 5) is 40.6. The van der Waals surface area contributed by atoms with Crippen LogP contribution in [0.25, 0.3) is 0 Å². The van der Waals surface area contributed by atoms with Crippen molar-refractivity contribution in [2.45, 2.75) is 57.4 Å². The number of aliphatic hydroxyl groups excluding tert-OH is 2. The predicted octanol–water partition coefficient (Wildman–Crippen LogP) is 1.87. The molecule has 7 atom stereocenters. The lowest BCUT2D eigenvalue weighted by Gasteiger charge is -2.60. The Labute approximate surface area is 232 Å². The first-order chi connectivity index (χ1) is 18.9. The zero-order valence-corrected chi connectivity index (χ0v) is 23.0. The molecule has 4 unspecified atom stereocenters. The Kier molecular flexibility index (Phi) is 6.18. The minimum atomic E-state index is -1.24. The van der Waals surface area contributed by atoms with Gasteiger partial charge in [-0.15, -0.1) is 0 Å². The molecule has 3 N–H and O–H groups in total. The summed E-state index contributed by atoms with van der Waals surface area (Å²) in [5, 5.41) is 31.1. The van der Waals surface area contributed by atoms with E-state index in [-0.39, 0.29) is 65.0 Å². The van der Waals surface area contributed by atoms with Crippen molar-refractivity contribution < 1.29 is 39.2 Å². The second kappa shape index (κ2) is 9.15. The summed E-state index contributed by atoms with van der Waals surface area (Å²) in [6.45, 7) is 4.81. The number of carboxylic acids is 1. The second-order valence-corrected chi connectivity index (χ2v) is 12.6. The summed E-state index contributed by atoms with van der Waals surface area (Å²) < 4.78 is 11.5. The molecule has 10 heteroatoms. The summed E-state index contributed by atoms with van der Waals surface area (Å²) in [6, 6.07) is 0. The number of carbonyl (C=O) groups is 3. The quantitative estimate of drug-likeness (QED) is 0.265. The third-order valence-electron chi connectivity index (χ3n) is 10.4. The van der Waals surface area contributed by atoms with Gasteiger partial charge < -0.3 is 34.6 Å². The molecule has 0 aromatic heterocycles. The molecule has 0 bridgehead atoms. The number of ether oxygens (including phenoxy) is 2. The van der Waals surface area contributed by atoms with Crippen molar-refractivity contribution in [3.63, 3.8) is 0 Å². The number of epoxide rings is 1. The van der Waals surface area contributed by atoms with E-state index in [2.05, 4.69) is 6.92 Å². The molecule has 2 saturated carbocycles. The number of allylic oxidation sites excluding steroid dienone is 2. The number of rotatable bonds is 5. The number of esters is 1. The van der Waals surface area contributed by atoms with Gasteiger partial charge >= 0.3 is 11.9 Å². The molecule has 1 amide bonds. The first-order valence-electron chi connectivity index (χ1n) is 13.9. The summed E-state index contributed by atoms with van der Waals surface area (Å²) >= 11 is 0. The van der Waals surface area contributed by atoms with Gasteiger partial charge in [-0.05, 0) is 49.2 Å². The standard InChI is InChI=1S/C30H36N2O8/c1-28-10-9-22(34)29(2,15-33)20(28)8-11-30(16-39-30)21(28)6-4-17-12-19(40-27(17)38)25(26(36)37)18-5-7-23-31(3)24(35)14-32(23)13-18/h4-7,12-13,20-23,33-34H,8-11,14-16H2,1-3H3,(H,36,37)/b6-4+,25-19-/t20?,21?,22-,23?,28-,29-,30?/m0/s1. The van der Waals surface area contributed by atoms with Crippen LogP contribution in [0.15, 0.2) is 59.1 Å². The van der Waals surface area contributed by atoms with Crippen molar-refractivity contribution in [3.8, 4) is 0 Å². The third-order valence-corrected chi connectivity index (χ3v) is 10.4. The number of likely N-dealkylation sites (N-methyl/N-ethyl adjacent to an activating group) is 1. The van der Waals surface area contributed by atoms with Gasteiger partial charge in [-0.25, -0.2) is 9.59 Å². The monoisotopic (exact) mass is 552 g/mol. The van der Waals surface area contributed by atoms with Gasteiger partial charge in [-0.3, -0.25) is 4.79 Å². The van der Waals surface area contributed by atoms with Crippen molar-refractivity contribution in [2.24, 2.45) is 22.7 Å². The molecule has 10 nitrogen and oxygen atoms in total. The molecule has 4 aliphatic heterocycles. The maximum absolute atomic E-state index is 12.9. The van der Waals surface area contributed by atoms with Gasteiger partial charge in [-0.1, -0.05) is 32.1 Å². The fourth-order valence-electron chi connectivity index (χ4n) is 7.99. The van der Waals surface area contributed by atoms with Gasteiger partial charge in [0.05, 0.1) is 37.0 Å². The van der Waals surface area contributed by atoms with E-state index in [0.717, 1.165) is 19.3 Å². The van der Waals surface area contributed by atoms with Crippen molar-refractivity contribution in [1.82, 2.24) is 9.80 Å². The van der Waals surface area contributed by atoms with E-state index in [0.29, 0.717) is 18.6 Å². The maximum Gasteiger partial charge on any atom is 0.343 e. The number of aliphatic hydroxyl groups is 2. The van der Waals surface area contributed by atoms with E-state index in [9.17, 15) is 29.7 Å². The molecule has 2 aliphatic carbocycles. The largest absolute Gasteiger partial charge is 0.478 e. The van der Waals surface area contributed by atoms with E-state index in [1.165, 1.54) is 6.08 Å². The summed E-state index contributed by atoms with van der Waals surface area (Å²) in [5.41, 5.74) is -0.783. The highest BCUT2D eigenvalue weighted by molar-refractivity contribution is 6.00. The van der Waals surface area contributed by atoms with Crippen LogP contribution in [0.4, 0.5) is 0 Å². The van der Waals surface area contributed by atoms with Crippen molar-refractivity contribution in [3.05, 3.63) is 59.1 Å². The van der Waals surface area contributed by atoms with Gasteiger partial charge in [0.1, 0.15) is 17.5 Å². The Balaban J connectivity index is 1.32. The van der Waals surface area contributed by atoms with Gasteiger partial charge in [0, 0.05) is 30.2 Å². The zero-order valence-electron chi connectivity index (χ0n) is 23.0. The molecular formula is C30H36N2O8. The molecule has 0 aromatic rings. The zero-order chi connectivity index (χ0) is 28.6. The SMILES string of the molecule is CN1C(=O)CN2C=C(/C(C(=O)O)=C3C=C(/C=C/C4C5(CCC6[C@]4(C)CC[C@H](O)[C@@]6(C)CO)CO5)C(=O)O\3)C=CC21. The fourth-order valence-corrected chi connectivity index (χ4v) is 7.99. The highest BCUT2D eigenvalue weighted by Crippen LogP contribution is 2.65. The summed E-state index contributed by atoms with van der Waals surface area (Å²) in [5.74, 6) is -1.98. The van der Waals surface area contributed by atoms with Gasteiger partial charge in [0.15, 0.2) is 0 Å². The number of hydrogen-bond acceptors (Lipinski definition) is 8. The van der Waals surface area contributed by atoms with Gasteiger partial charge in [0.2, 0.25) is 5.91 Å². The Morgan fingerprint density at radius 2 is 1.98 bits per heavy atom. The number of carboxylic acid groups (broad SMARTS) is 1. The number of amides is 1. The number of nitrogens with zero attached hydrogens (tertiary/aromatic N) is 2. The van der Waals surface area contributed by atoms with Crippen LogP contribution in [0.3, 0.4) is 0 Å². The minimum Gasteiger partial charge on any atom is -0.478 e. The van der Waals surface area contributed by atoms with E-state index in [4.69, 9.17) is 9.47 Å². The van der Waals surface area contributed by atoms with Crippen LogP contribution in [0.1, 0.15) is 39.5 Å². The molecule has 4 heterocycles. The highest BCUT2D eigenvalue weighted by Gasteiger charge is 2.66. The lowest BCUT2D eigenvalue weighted by molar-refractivity contribution is -0.167.